The number of benzene rings is 6. The van der Waals surface area contributed by atoms with E-state index in [0.29, 0.717) is 0 Å². The molecule has 0 radical (unpaired) electrons. The third-order valence-corrected chi connectivity index (χ3v) is 16.4. The Bertz CT molecular complexity index is 3010. The number of hydrogen-bond donors (Lipinski definition) is 0. The molecule has 0 spiro atoms. The van der Waals surface area contributed by atoms with E-state index >= 15 is 0 Å². The van der Waals surface area contributed by atoms with E-state index in [9.17, 15) is 0 Å². The van der Waals surface area contributed by atoms with Crippen molar-refractivity contribution in [2.75, 3.05) is 0 Å². The molecule has 0 fully saturated rings. The normalized spacial score (nSPS) is 10.8. The molecule has 296 valence electrons. The molecule has 0 aliphatic carbocycles. The van der Waals surface area contributed by atoms with Gasteiger partial charge < -0.3 is 0 Å². The van der Waals surface area contributed by atoms with Crippen LogP contribution in [0.5, 0.6) is 0 Å². The fraction of sp³-hybridized carbons (Fsp3) is 0.153. The topological polar surface area (TPSA) is 0 Å². The average Bonchev–Trinajstić information content (AvgIpc) is 3.23. The van der Waals surface area contributed by atoms with Crippen LogP contribution >= 0.6 is 0 Å². The van der Waals surface area contributed by atoms with Crippen molar-refractivity contribution in [1.29, 1.82) is 0 Å². The molecular weight excluding hydrogens is 793 g/mol. The van der Waals surface area contributed by atoms with Gasteiger partial charge in [-0.2, -0.15) is 0 Å². The van der Waals surface area contributed by atoms with Crippen LogP contribution in [0.3, 0.4) is 0 Å². The summed E-state index contributed by atoms with van der Waals surface area (Å²) in [7, 11) is -5.10. The Balaban J connectivity index is 1.53. The second kappa shape index (κ2) is 17.9. The summed E-state index contributed by atoms with van der Waals surface area (Å²) in [6.07, 6.45) is 5.88. The Morgan fingerprint density at radius 2 is 0.484 bits per heavy atom. The minimum absolute atomic E-state index is 0.727. The van der Waals surface area contributed by atoms with Crippen molar-refractivity contribution in [2.24, 2.45) is 0 Å². The third kappa shape index (κ3) is 11.6. The van der Waals surface area contributed by atoms with Gasteiger partial charge in [0.05, 0.1) is 24.2 Å². The maximum absolute atomic E-state index is 5.88. The van der Waals surface area contributed by atoms with E-state index in [1.807, 2.05) is 66.7 Å². The van der Waals surface area contributed by atoms with Gasteiger partial charge in [-0.25, -0.2) is 0 Å². The molecule has 0 unspecified atom stereocenters. The maximum atomic E-state index is 5.88. The molecule has 3 heteroatoms. The number of fused-ring (bicyclic) bond motifs is 12. The highest BCUT2D eigenvalue weighted by Crippen LogP contribution is 2.14. The van der Waals surface area contributed by atoms with Crippen LogP contribution in [-0.4, -0.2) is 24.2 Å². The minimum atomic E-state index is -1.71. The molecule has 0 aliphatic heterocycles. The van der Waals surface area contributed by atoms with Gasteiger partial charge in [0, 0.05) is 70.2 Å². The summed E-state index contributed by atoms with van der Waals surface area (Å²) in [4.78, 5) is 0. The number of terminal acetylenes is 1. The quantitative estimate of drug-likeness (QED) is 0.123. The van der Waals surface area contributed by atoms with Crippen LogP contribution in [0, 0.1) is 85.1 Å². The first-order chi connectivity index (χ1) is 29.4. The molecule has 7 rings (SSSR count). The predicted molar refractivity (Wildman–Crippen MR) is 274 cm³/mol. The molecule has 7 aromatic rings. The van der Waals surface area contributed by atoms with Gasteiger partial charge in [-0.3, -0.25) is 0 Å². The molecule has 0 heterocycles. The summed E-state index contributed by atoms with van der Waals surface area (Å²) in [6.45, 7) is 21.3. The molecular formula is C59H48Si3. The lowest BCUT2D eigenvalue weighted by atomic mass is 10.1. The van der Waals surface area contributed by atoms with E-state index in [1.165, 1.54) is 15.6 Å². The van der Waals surface area contributed by atoms with E-state index in [4.69, 9.17) is 6.42 Å². The van der Waals surface area contributed by atoms with Gasteiger partial charge in [-0.05, 0) is 109 Å². The van der Waals surface area contributed by atoms with E-state index < -0.39 is 24.2 Å². The van der Waals surface area contributed by atoms with Crippen molar-refractivity contribution in [3.05, 3.63) is 200 Å². The summed E-state index contributed by atoms with van der Waals surface area (Å²) in [6, 6.07) is 82.9. The monoisotopic (exact) mass is 840 g/mol. The highest BCUT2D eigenvalue weighted by molar-refractivity contribution is 6.89. The van der Waals surface area contributed by atoms with Gasteiger partial charge in [0.15, 0.2) is 0 Å². The van der Waals surface area contributed by atoms with Gasteiger partial charge in [0.2, 0.25) is 0 Å². The van der Waals surface area contributed by atoms with E-state index in [1.54, 1.807) is 0 Å². The highest BCUT2D eigenvalue weighted by atomic mass is 28.3. The van der Waals surface area contributed by atoms with Crippen molar-refractivity contribution in [1.82, 2.24) is 0 Å². The summed E-state index contributed by atoms with van der Waals surface area (Å²) in [5, 5.41) is 14.8. The Kier molecular flexibility index (Phi) is 12.4. The van der Waals surface area contributed by atoms with Gasteiger partial charge in [-0.15, -0.1) is 6.42 Å². The molecule has 7 aromatic carbocycles. The smallest absolute Gasteiger partial charge is 0.0777 e. The zero-order valence-corrected chi connectivity index (χ0v) is 40.1. The second-order valence-corrected chi connectivity index (χ2v) is 34.0. The van der Waals surface area contributed by atoms with Crippen molar-refractivity contribution in [3.8, 4) is 12.3 Å². The lowest BCUT2D eigenvalue weighted by molar-refractivity contribution is 1.72. The molecule has 0 aromatic heterocycles. The lowest BCUT2D eigenvalue weighted by Crippen LogP contribution is -2.37. The Morgan fingerprint density at radius 3 is 0.694 bits per heavy atom. The molecule has 0 atom stereocenters. The maximum Gasteiger partial charge on any atom is 0.0777 e. The summed E-state index contributed by atoms with van der Waals surface area (Å²) < 4.78 is 0. The van der Waals surface area contributed by atoms with Crippen LogP contribution in [0.15, 0.2) is 121 Å². The van der Waals surface area contributed by atoms with Crippen LogP contribution in [0.1, 0.15) is 5.56 Å². The zero-order valence-electron chi connectivity index (χ0n) is 37.1. The Hall–Kier alpha value is -7.11. The molecule has 0 saturated carbocycles. The molecule has 0 aliphatic rings. The predicted octanol–water partition coefficient (Wildman–Crippen LogP) is 12.9. The average molecular weight is 841 g/mol. The first kappa shape index (κ1) is 43.0. The molecule has 12 bridgehead atoms. The standard InChI is InChI=1S/C59H48Si3/c1-11-44-30-49-22-18-45-14-12-16-47(32-45)20-24-51-35-53(40-57(38-51)60(2,3)4)26-28-55-37-56(43-59(42-55)62(8,9)10)29-27-54-36-52(39-58(41-54)61(5,6)7)25-21-48-17-13-15-46(33-48)19-23-50(31-44)34-49/h1,12-17,30-43H,2-10H3. The van der Waals surface area contributed by atoms with Crippen LogP contribution in [0.4, 0.5) is 0 Å². The van der Waals surface area contributed by atoms with Crippen molar-refractivity contribution in [3.63, 3.8) is 0 Å². The summed E-state index contributed by atoms with van der Waals surface area (Å²) in [5.41, 5.74) is 0.727. The van der Waals surface area contributed by atoms with Crippen molar-refractivity contribution in [2.45, 2.75) is 58.9 Å². The Labute approximate surface area is 373 Å². The summed E-state index contributed by atoms with van der Waals surface area (Å²) >= 11 is 0. The van der Waals surface area contributed by atoms with Gasteiger partial charge in [-0.1, -0.05) is 165 Å². The second-order valence-electron chi connectivity index (χ2n) is 18.8. The van der Waals surface area contributed by atoms with Crippen molar-refractivity contribution >= 4 is 104 Å². The van der Waals surface area contributed by atoms with Gasteiger partial charge in [0.1, 0.15) is 0 Å². The van der Waals surface area contributed by atoms with Gasteiger partial charge in [0.25, 0.3) is 0 Å². The fourth-order valence-corrected chi connectivity index (χ4v) is 10.2. The zero-order chi connectivity index (χ0) is 44.1. The SMILES string of the molecule is C#Cc1cc2c#cc3cccc(c#cc4cc([Si](C)(C)C)cc(c#cc5cc([Si](C)(C)C)cc(c#cc6cc([Si](C)(C)C)cc(c#cc7cccc(c#cc(c1)c2)c7)c6)c5)c4)c3. The van der Waals surface area contributed by atoms with Crippen LogP contribution < -0.4 is 15.6 Å². The molecule has 62 heavy (non-hydrogen) atoms. The highest BCUT2D eigenvalue weighted by Gasteiger charge is 2.18. The van der Waals surface area contributed by atoms with Crippen molar-refractivity contribution < 1.29 is 0 Å². The van der Waals surface area contributed by atoms with E-state index in [0.717, 1.165) is 70.2 Å². The van der Waals surface area contributed by atoms with Crippen LogP contribution in [-0.2, 0) is 0 Å². The minimum Gasteiger partial charge on any atom is -0.115 e. The molecule has 0 amide bonds. The van der Waals surface area contributed by atoms with Crippen LogP contribution in [0.25, 0.3) is 64.6 Å². The molecule has 0 saturated heterocycles. The third-order valence-electron chi connectivity index (χ3n) is 10.3. The van der Waals surface area contributed by atoms with E-state index in [-0.39, 0.29) is 0 Å². The lowest BCUT2D eigenvalue weighted by Gasteiger charge is -2.16. The van der Waals surface area contributed by atoms with Gasteiger partial charge >= 0.3 is 0 Å². The summed E-state index contributed by atoms with van der Waals surface area (Å²) in [5.74, 6) is 2.77. The Morgan fingerprint density at radius 1 is 0.290 bits per heavy atom. The molecule has 0 nitrogen and oxygen atoms in total. The first-order valence-corrected chi connectivity index (χ1v) is 31.4. The number of rotatable bonds is 3. The fourth-order valence-electron chi connectivity index (χ4n) is 6.69. The number of hydrogen-bond acceptors (Lipinski definition) is 0. The van der Waals surface area contributed by atoms with Crippen LogP contribution in [0.2, 0.25) is 58.9 Å². The van der Waals surface area contributed by atoms with E-state index in [2.05, 4.69) is 192 Å². The molecule has 0 N–H and O–H groups in total. The first-order valence-electron chi connectivity index (χ1n) is 20.9. The largest absolute Gasteiger partial charge is 0.115 e.